The number of amides is 1. The molecule has 1 atom stereocenters. The van der Waals surface area contributed by atoms with Crippen LogP contribution in [0.5, 0.6) is 5.75 Å². The number of nitrogens with one attached hydrogen (secondary N) is 1. The molecule has 0 spiro atoms. The summed E-state index contributed by atoms with van der Waals surface area (Å²) in [4.78, 5) is 11.8. The number of hydrogen-bond donors (Lipinski definition) is 1. The molecule has 0 fully saturated rings. The van der Waals surface area contributed by atoms with Gasteiger partial charge in [0.15, 0.2) is 6.10 Å². The molecule has 2 rings (SSSR count). The molecule has 22 heavy (non-hydrogen) atoms. The highest BCUT2D eigenvalue weighted by atomic mass is 35.5. The molecule has 116 valence electrons. The van der Waals surface area contributed by atoms with Crippen molar-refractivity contribution in [3.8, 4) is 5.75 Å². The van der Waals surface area contributed by atoms with Gasteiger partial charge in [0.25, 0.3) is 0 Å². The second-order valence-electron chi connectivity index (χ2n) is 4.44. The predicted molar refractivity (Wildman–Crippen MR) is 88.0 cm³/mol. The molecular formula is C16H15Cl2NO3. The fourth-order valence-corrected chi connectivity index (χ4v) is 1.93. The van der Waals surface area contributed by atoms with Gasteiger partial charge < -0.3 is 9.47 Å². The molecule has 0 bridgehead atoms. The van der Waals surface area contributed by atoms with E-state index >= 15 is 0 Å². The van der Waals surface area contributed by atoms with E-state index in [0.717, 1.165) is 0 Å². The van der Waals surface area contributed by atoms with Crippen molar-refractivity contribution in [3.05, 3.63) is 59.6 Å². The van der Waals surface area contributed by atoms with Gasteiger partial charge in [0, 0.05) is 10.7 Å². The molecule has 4 nitrogen and oxygen atoms in total. The number of ether oxygens (including phenoxy) is 2. The van der Waals surface area contributed by atoms with E-state index in [1.54, 1.807) is 24.3 Å². The summed E-state index contributed by atoms with van der Waals surface area (Å²) in [6, 6.07) is 16.0. The standard InChI is InChI=1S/C16H15Cl2NO3/c17-10-15(11-21-14-4-2-1-3-5-14)22-16(20)19-13-8-6-12(18)7-9-13/h1-9,15H,10-11H2,(H,19,20)/t15-/m1/s1. The lowest BCUT2D eigenvalue weighted by Crippen LogP contribution is -2.29. The van der Waals surface area contributed by atoms with Crippen molar-refractivity contribution in [2.24, 2.45) is 0 Å². The highest BCUT2D eigenvalue weighted by molar-refractivity contribution is 6.30. The van der Waals surface area contributed by atoms with Gasteiger partial charge in [-0.2, -0.15) is 0 Å². The lowest BCUT2D eigenvalue weighted by atomic mass is 10.3. The zero-order valence-electron chi connectivity index (χ0n) is 11.7. The third-order valence-electron chi connectivity index (χ3n) is 2.72. The second-order valence-corrected chi connectivity index (χ2v) is 5.18. The topological polar surface area (TPSA) is 47.6 Å². The average molecular weight is 340 g/mol. The van der Waals surface area contributed by atoms with E-state index in [2.05, 4.69) is 5.32 Å². The zero-order chi connectivity index (χ0) is 15.8. The Balaban J connectivity index is 1.81. The van der Waals surface area contributed by atoms with Crippen molar-refractivity contribution in [1.82, 2.24) is 0 Å². The van der Waals surface area contributed by atoms with Crippen LogP contribution in [0.25, 0.3) is 0 Å². The van der Waals surface area contributed by atoms with Crippen LogP contribution in [-0.4, -0.2) is 24.7 Å². The average Bonchev–Trinajstić information content (AvgIpc) is 2.54. The summed E-state index contributed by atoms with van der Waals surface area (Å²) < 4.78 is 10.7. The maximum Gasteiger partial charge on any atom is 0.412 e. The Morgan fingerprint density at radius 1 is 1.09 bits per heavy atom. The minimum Gasteiger partial charge on any atom is -0.490 e. The van der Waals surface area contributed by atoms with E-state index < -0.39 is 12.2 Å². The van der Waals surface area contributed by atoms with E-state index in [1.807, 2.05) is 30.3 Å². The maximum atomic E-state index is 11.8. The smallest absolute Gasteiger partial charge is 0.412 e. The first-order valence-corrected chi connectivity index (χ1v) is 7.55. The fraction of sp³-hybridized carbons (Fsp3) is 0.188. The lowest BCUT2D eigenvalue weighted by molar-refractivity contribution is 0.0875. The monoisotopic (exact) mass is 339 g/mol. The van der Waals surface area contributed by atoms with E-state index in [1.165, 1.54) is 0 Å². The van der Waals surface area contributed by atoms with Gasteiger partial charge >= 0.3 is 6.09 Å². The third kappa shape index (κ3) is 5.47. The van der Waals surface area contributed by atoms with Crippen LogP contribution in [0, 0.1) is 0 Å². The first-order valence-electron chi connectivity index (χ1n) is 6.64. The normalized spacial score (nSPS) is 11.5. The number of para-hydroxylation sites is 1. The van der Waals surface area contributed by atoms with Crippen molar-refractivity contribution >= 4 is 35.0 Å². The van der Waals surface area contributed by atoms with Gasteiger partial charge in [-0.25, -0.2) is 4.79 Å². The Labute approximate surface area is 138 Å². The number of carbonyl (C=O) groups is 1. The van der Waals surface area contributed by atoms with Gasteiger partial charge in [0.1, 0.15) is 12.4 Å². The molecular weight excluding hydrogens is 325 g/mol. The second kappa shape index (κ2) is 8.51. The van der Waals surface area contributed by atoms with Gasteiger partial charge in [0.2, 0.25) is 0 Å². The predicted octanol–water partition coefficient (Wildman–Crippen LogP) is 4.57. The quantitative estimate of drug-likeness (QED) is 0.784. The minimum absolute atomic E-state index is 0.140. The molecule has 0 aliphatic carbocycles. The number of hydrogen-bond acceptors (Lipinski definition) is 3. The Hall–Kier alpha value is -1.91. The van der Waals surface area contributed by atoms with Crippen LogP contribution in [0.1, 0.15) is 0 Å². The van der Waals surface area contributed by atoms with E-state index in [4.69, 9.17) is 32.7 Å². The molecule has 0 aliphatic rings. The third-order valence-corrected chi connectivity index (χ3v) is 3.31. The van der Waals surface area contributed by atoms with Crippen LogP contribution in [0.4, 0.5) is 10.5 Å². The molecule has 0 aromatic heterocycles. The number of anilines is 1. The Kier molecular flexibility index (Phi) is 6.37. The number of benzene rings is 2. The maximum absolute atomic E-state index is 11.8. The molecule has 0 saturated heterocycles. The van der Waals surface area contributed by atoms with Gasteiger partial charge in [0.05, 0.1) is 5.88 Å². The van der Waals surface area contributed by atoms with Gasteiger partial charge in [-0.1, -0.05) is 29.8 Å². The molecule has 0 radical (unpaired) electrons. The van der Waals surface area contributed by atoms with Gasteiger partial charge in [-0.3, -0.25) is 5.32 Å². The molecule has 0 saturated carbocycles. The lowest BCUT2D eigenvalue weighted by Gasteiger charge is -2.16. The summed E-state index contributed by atoms with van der Waals surface area (Å²) in [6.07, 6.45) is -1.14. The van der Waals surface area contributed by atoms with Crippen LogP contribution < -0.4 is 10.1 Å². The Morgan fingerprint density at radius 3 is 2.41 bits per heavy atom. The van der Waals surface area contributed by atoms with Crippen LogP contribution in [0.3, 0.4) is 0 Å². The summed E-state index contributed by atoms with van der Waals surface area (Å²) in [6.45, 7) is 0.182. The van der Waals surface area contributed by atoms with Crippen LogP contribution >= 0.6 is 23.2 Å². The minimum atomic E-state index is -0.593. The highest BCUT2D eigenvalue weighted by Crippen LogP contribution is 2.14. The summed E-state index contributed by atoms with van der Waals surface area (Å²) >= 11 is 11.6. The highest BCUT2D eigenvalue weighted by Gasteiger charge is 2.14. The van der Waals surface area contributed by atoms with Crippen LogP contribution in [0.2, 0.25) is 5.02 Å². The molecule has 6 heteroatoms. The molecule has 0 unspecified atom stereocenters. The number of alkyl halides is 1. The van der Waals surface area contributed by atoms with Crippen molar-refractivity contribution in [2.75, 3.05) is 17.8 Å². The van der Waals surface area contributed by atoms with Crippen molar-refractivity contribution in [3.63, 3.8) is 0 Å². The summed E-state index contributed by atoms with van der Waals surface area (Å²) in [5, 5.41) is 3.19. The molecule has 0 aliphatic heterocycles. The number of carbonyl (C=O) groups excluding carboxylic acids is 1. The summed E-state index contributed by atoms with van der Waals surface area (Å²) in [7, 11) is 0. The first kappa shape index (κ1) is 16.5. The molecule has 2 aromatic carbocycles. The van der Waals surface area contributed by atoms with E-state index in [9.17, 15) is 4.79 Å². The van der Waals surface area contributed by atoms with Crippen molar-refractivity contribution in [1.29, 1.82) is 0 Å². The number of halogens is 2. The van der Waals surface area contributed by atoms with Gasteiger partial charge in [-0.15, -0.1) is 11.6 Å². The summed E-state index contributed by atoms with van der Waals surface area (Å²) in [5.74, 6) is 0.834. The van der Waals surface area contributed by atoms with Crippen LogP contribution in [0.15, 0.2) is 54.6 Å². The Bertz CT molecular complexity index is 590. The van der Waals surface area contributed by atoms with Crippen molar-refractivity contribution < 1.29 is 14.3 Å². The van der Waals surface area contributed by atoms with E-state index in [0.29, 0.717) is 16.5 Å². The SMILES string of the molecule is O=C(Nc1ccc(Cl)cc1)O[C@H](CCl)COc1ccccc1. The van der Waals surface area contributed by atoms with Crippen molar-refractivity contribution in [2.45, 2.75) is 6.10 Å². The molecule has 1 N–H and O–H groups in total. The molecule has 1 amide bonds. The first-order chi connectivity index (χ1) is 10.7. The van der Waals surface area contributed by atoms with Gasteiger partial charge in [-0.05, 0) is 36.4 Å². The zero-order valence-corrected chi connectivity index (χ0v) is 13.2. The van der Waals surface area contributed by atoms with E-state index in [-0.39, 0.29) is 12.5 Å². The van der Waals surface area contributed by atoms with Crippen LogP contribution in [-0.2, 0) is 4.74 Å². The fourth-order valence-electron chi connectivity index (χ4n) is 1.65. The molecule has 0 heterocycles. The summed E-state index contributed by atoms with van der Waals surface area (Å²) in [5.41, 5.74) is 0.590. The Morgan fingerprint density at radius 2 is 1.77 bits per heavy atom. The largest absolute Gasteiger partial charge is 0.490 e. The number of rotatable bonds is 6. The molecule has 2 aromatic rings.